The fraction of sp³-hybridized carbons (Fsp3) is 0.111. The van der Waals surface area contributed by atoms with E-state index in [1.165, 1.54) is 19.1 Å². The second-order valence-corrected chi connectivity index (χ2v) is 5.24. The minimum absolute atomic E-state index is 0.0702. The number of fused-ring (bicyclic) bond motifs is 1. The van der Waals surface area contributed by atoms with E-state index >= 15 is 0 Å². The maximum atomic E-state index is 13.2. The Hall–Kier alpha value is -2.89. The third-order valence-corrected chi connectivity index (χ3v) is 3.65. The first-order valence-electron chi connectivity index (χ1n) is 7.04. The van der Waals surface area contributed by atoms with E-state index in [0.717, 1.165) is 6.07 Å². The summed E-state index contributed by atoms with van der Waals surface area (Å²) in [4.78, 5) is 24.1. The van der Waals surface area contributed by atoms with E-state index in [2.05, 4.69) is 0 Å². The summed E-state index contributed by atoms with van der Waals surface area (Å²) in [6, 6.07) is 11.8. The highest BCUT2D eigenvalue weighted by molar-refractivity contribution is 6.08. The van der Waals surface area contributed by atoms with Gasteiger partial charge in [-0.3, -0.25) is 4.79 Å². The summed E-state index contributed by atoms with van der Waals surface area (Å²) >= 11 is 0. The standard InChI is InChI=1S/C18H11F3O3/c1-10(22)14-15(11-6-3-2-4-7-11)12-8-5-9-13(18(19,20)21)16(12)24-17(14)23/h2-9H,1H3. The Kier molecular flexibility index (Phi) is 3.75. The van der Waals surface area contributed by atoms with Gasteiger partial charge in [0.1, 0.15) is 5.56 Å². The Bertz CT molecular complexity index is 986. The van der Waals surface area contributed by atoms with Crippen molar-refractivity contribution < 1.29 is 22.4 Å². The fourth-order valence-electron chi connectivity index (χ4n) is 2.67. The van der Waals surface area contributed by atoms with Crippen LogP contribution in [0.2, 0.25) is 0 Å². The monoisotopic (exact) mass is 332 g/mol. The molecule has 0 aliphatic carbocycles. The maximum absolute atomic E-state index is 13.2. The number of halogens is 3. The van der Waals surface area contributed by atoms with Crippen LogP contribution in [0.25, 0.3) is 22.1 Å². The first kappa shape index (κ1) is 16.0. The molecule has 0 unspecified atom stereocenters. The number of ketones is 1. The smallest absolute Gasteiger partial charge is 0.420 e. The van der Waals surface area contributed by atoms with Crippen molar-refractivity contribution in [1.82, 2.24) is 0 Å². The van der Waals surface area contributed by atoms with Crippen molar-refractivity contribution in [2.24, 2.45) is 0 Å². The lowest BCUT2D eigenvalue weighted by Crippen LogP contribution is -2.16. The van der Waals surface area contributed by atoms with E-state index in [4.69, 9.17) is 4.42 Å². The van der Waals surface area contributed by atoms with E-state index in [-0.39, 0.29) is 16.5 Å². The molecule has 0 aliphatic rings. The van der Waals surface area contributed by atoms with Crippen molar-refractivity contribution in [3.05, 3.63) is 70.1 Å². The lowest BCUT2D eigenvalue weighted by molar-refractivity contribution is -0.136. The fourth-order valence-corrected chi connectivity index (χ4v) is 2.67. The van der Waals surface area contributed by atoms with Crippen molar-refractivity contribution >= 4 is 16.8 Å². The van der Waals surface area contributed by atoms with Crippen molar-refractivity contribution in [3.63, 3.8) is 0 Å². The molecule has 3 aromatic rings. The molecular weight excluding hydrogens is 321 g/mol. The van der Waals surface area contributed by atoms with Gasteiger partial charge in [-0.25, -0.2) is 4.79 Å². The first-order valence-corrected chi connectivity index (χ1v) is 7.04. The van der Waals surface area contributed by atoms with Crippen LogP contribution in [0.5, 0.6) is 0 Å². The van der Waals surface area contributed by atoms with Gasteiger partial charge in [0.05, 0.1) is 5.56 Å². The molecule has 1 heterocycles. The molecule has 122 valence electrons. The van der Waals surface area contributed by atoms with E-state index < -0.39 is 28.7 Å². The number of para-hydroxylation sites is 1. The van der Waals surface area contributed by atoms with Crippen LogP contribution in [0.3, 0.4) is 0 Å². The molecule has 0 spiro atoms. The molecule has 1 aromatic heterocycles. The average Bonchev–Trinajstić information content (AvgIpc) is 2.52. The lowest BCUT2D eigenvalue weighted by Gasteiger charge is -2.13. The molecule has 0 radical (unpaired) electrons. The number of alkyl halides is 3. The zero-order valence-electron chi connectivity index (χ0n) is 12.5. The predicted octanol–water partition coefficient (Wildman–Crippen LogP) is 4.68. The third kappa shape index (κ3) is 2.60. The minimum Gasteiger partial charge on any atom is -0.422 e. The zero-order valence-corrected chi connectivity index (χ0v) is 12.5. The molecule has 0 saturated heterocycles. The summed E-state index contributed by atoms with van der Waals surface area (Å²) in [6.45, 7) is 1.18. The number of Topliss-reactive ketones (excluding diaryl/α,β-unsaturated/α-hetero) is 1. The van der Waals surface area contributed by atoms with Gasteiger partial charge in [0.15, 0.2) is 11.4 Å². The highest BCUT2D eigenvalue weighted by Gasteiger charge is 2.35. The highest BCUT2D eigenvalue weighted by Crippen LogP contribution is 2.38. The van der Waals surface area contributed by atoms with E-state index in [9.17, 15) is 22.8 Å². The minimum atomic E-state index is -4.68. The zero-order chi connectivity index (χ0) is 17.5. The van der Waals surface area contributed by atoms with Crippen LogP contribution in [0.15, 0.2) is 57.7 Å². The number of hydrogen-bond donors (Lipinski definition) is 0. The average molecular weight is 332 g/mol. The number of benzene rings is 2. The van der Waals surface area contributed by atoms with Crippen LogP contribution >= 0.6 is 0 Å². The normalized spacial score (nSPS) is 11.7. The quantitative estimate of drug-likeness (QED) is 0.505. The van der Waals surface area contributed by atoms with Gasteiger partial charge in [0.25, 0.3) is 0 Å². The summed E-state index contributed by atoms with van der Waals surface area (Å²) in [6.07, 6.45) is -4.68. The molecule has 0 saturated carbocycles. The molecular formula is C18H11F3O3. The Balaban J connectivity index is 2.54. The number of rotatable bonds is 2. The van der Waals surface area contributed by atoms with E-state index in [1.807, 2.05) is 0 Å². The second kappa shape index (κ2) is 5.63. The van der Waals surface area contributed by atoms with Crippen LogP contribution < -0.4 is 5.63 Å². The number of carbonyl (C=O) groups excluding carboxylic acids is 1. The number of hydrogen-bond acceptors (Lipinski definition) is 3. The summed E-state index contributed by atoms with van der Waals surface area (Å²) in [5.74, 6) is -0.568. The van der Waals surface area contributed by atoms with Gasteiger partial charge in [0.2, 0.25) is 0 Å². The van der Waals surface area contributed by atoms with Gasteiger partial charge in [0, 0.05) is 10.9 Å². The van der Waals surface area contributed by atoms with E-state index in [0.29, 0.717) is 5.56 Å². The first-order chi connectivity index (χ1) is 11.3. The van der Waals surface area contributed by atoms with E-state index in [1.54, 1.807) is 30.3 Å². The van der Waals surface area contributed by atoms with Crippen LogP contribution in [0.1, 0.15) is 22.8 Å². The largest absolute Gasteiger partial charge is 0.422 e. The van der Waals surface area contributed by atoms with Crippen molar-refractivity contribution in [2.75, 3.05) is 0 Å². The van der Waals surface area contributed by atoms with Crippen LogP contribution in [0.4, 0.5) is 13.2 Å². The van der Waals surface area contributed by atoms with Gasteiger partial charge in [-0.2, -0.15) is 13.2 Å². The molecule has 0 bridgehead atoms. The van der Waals surface area contributed by atoms with Gasteiger partial charge in [-0.05, 0) is 18.6 Å². The Morgan fingerprint density at radius 3 is 2.25 bits per heavy atom. The Morgan fingerprint density at radius 1 is 1.00 bits per heavy atom. The molecule has 0 atom stereocenters. The molecule has 0 amide bonds. The van der Waals surface area contributed by atoms with Crippen LogP contribution in [-0.4, -0.2) is 5.78 Å². The second-order valence-electron chi connectivity index (χ2n) is 5.24. The molecule has 0 N–H and O–H groups in total. The molecule has 3 rings (SSSR count). The van der Waals surface area contributed by atoms with Crippen molar-refractivity contribution in [2.45, 2.75) is 13.1 Å². The van der Waals surface area contributed by atoms with Gasteiger partial charge >= 0.3 is 11.8 Å². The predicted molar refractivity (Wildman–Crippen MR) is 82.9 cm³/mol. The SMILES string of the molecule is CC(=O)c1c(-c2ccccc2)c2cccc(C(F)(F)F)c2oc1=O. The van der Waals surface area contributed by atoms with Crippen molar-refractivity contribution in [1.29, 1.82) is 0 Å². The molecule has 24 heavy (non-hydrogen) atoms. The summed E-state index contributed by atoms with van der Waals surface area (Å²) in [5, 5.41) is 0.0702. The molecule has 3 nitrogen and oxygen atoms in total. The van der Waals surface area contributed by atoms with Crippen molar-refractivity contribution in [3.8, 4) is 11.1 Å². The Morgan fingerprint density at radius 2 is 1.67 bits per heavy atom. The lowest BCUT2D eigenvalue weighted by atomic mass is 9.94. The van der Waals surface area contributed by atoms with Gasteiger partial charge in [-0.1, -0.05) is 42.5 Å². The van der Waals surface area contributed by atoms with Crippen LogP contribution in [0, 0.1) is 0 Å². The summed E-state index contributed by atoms with van der Waals surface area (Å²) < 4.78 is 44.5. The summed E-state index contributed by atoms with van der Waals surface area (Å²) in [5.41, 5.74) is -2.33. The summed E-state index contributed by atoms with van der Waals surface area (Å²) in [7, 11) is 0. The topological polar surface area (TPSA) is 47.3 Å². The van der Waals surface area contributed by atoms with Crippen LogP contribution in [-0.2, 0) is 6.18 Å². The molecule has 0 aliphatic heterocycles. The third-order valence-electron chi connectivity index (χ3n) is 3.65. The maximum Gasteiger partial charge on any atom is 0.420 e. The Labute approximate surface area is 134 Å². The molecule has 0 fully saturated rings. The van der Waals surface area contributed by atoms with Gasteiger partial charge < -0.3 is 4.42 Å². The van der Waals surface area contributed by atoms with Gasteiger partial charge in [-0.15, -0.1) is 0 Å². The molecule has 6 heteroatoms. The molecule has 2 aromatic carbocycles. The highest BCUT2D eigenvalue weighted by atomic mass is 19.4. The number of carbonyl (C=O) groups is 1.